The van der Waals surface area contributed by atoms with Gasteiger partial charge in [0.15, 0.2) is 0 Å². The van der Waals surface area contributed by atoms with E-state index in [2.05, 4.69) is 223 Å². The van der Waals surface area contributed by atoms with Gasteiger partial charge in [-0.15, -0.1) is 0 Å². The van der Waals surface area contributed by atoms with Crippen molar-refractivity contribution in [2.45, 2.75) is 60.8 Å². The normalized spacial score (nSPS) is 12.9. The summed E-state index contributed by atoms with van der Waals surface area (Å²) in [6, 6.07) is 59.3. The number of benzene rings is 9. The lowest BCUT2D eigenvalue weighted by Gasteiger charge is -2.29. The number of rotatable bonds is 6. The van der Waals surface area contributed by atoms with Crippen molar-refractivity contribution in [3.05, 3.63) is 202 Å². The molecule has 0 atom stereocenters. The minimum Gasteiger partial charge on any atom is -0.310 e. The maximum Gasteiger partial charge on any atom is 0.0490 e. The molecule has 9 aromatic carbocycles. The van der Waals surface area contributed by atoms with E-state index >= 15 is 0 Å². The molecule has 9 aromatic rings. The van der Waals surface area contributed by atoms with Gasteiger partial charge in [0.2, 0.25) is 0 Å². The van der Waals surface area contributed by atoms with Crippen LogP contribution >= 0.6 is 0 Å². The van der Waals surface area contributed by atoms with Gasteiger partial charge in [-0.2, -0.15) is 0 Å². The zero-order valence-electron chi connectivity index (χ0n) is 35.4. The second-order valence-electron chi connectivity index (χ2n) is 17.5. The zero-order valence-corrected chi connectivity index (χ0v) is 35.4. The quantitative estimate of drug-likeness (QED) is 0.156. The smallest absolute Gasteiger partial charge is 0.0490 e. The fourth-order valence-electron chi connectivity index (χ4n) is 10.4. The number of nitrogens with zero attached hydrogens (tertiary/aromatic N) is 2. The number of para-hydroxylation sites is 2. The standard InChI is InChI=1S/C57H50N2/c1-35-27-36(2)30-44(29-35)58(52-19-13-9-15-39(52)5)42-22-25-46-41(33-42)21-24-50-54-48-18-12-11-17-47(48)51-34-43(23-26-49(51)56(54)57(7,8)55(46)50)59(53-20-14-10-16-40(53)6)45-31-37(3)28-38(4)32-45/h9-34H,1-8H3. The Bertz CT molecular complexity index is 3120. The molecule has 288 valence electrons. The van der Waals surface area contributed by atoms with Crippen molar-refractivity contribution in [1.29, 1.82) is 0 Å². The number of hydrogen-bond acceptors (Lipinski definition) is 2. The summed E-state index contributed by atoms with van der Waals surface area (Å²) >= 11 is 0. The van der Waals surface area contributed by atoms with Crippen LogP contribution in [-0.4, -0.2) is 0 Å². The highest BCUT2D eigenvalue weighted by Crippen LogP contribution is 2.57. The molecule has 10 rings (SSSR count). The topological polar surface area (TPSA) is 6.48 Å². The fourth-order valence-corrected chi connectivity index (χ4v) is 10.4. The fraction of sp³-hybridized carbons (Fsp3) is 0.158. The van der Waals surface area contributed by atoms with Gasteiger partial charge in [-0.25, -0.2) is 0 Å². The molecule has 0 bridgehead atoms. The molecule has 0 aliphatic heterocycles. The Morgan fingerprint density at radius 2 is 0.847 bits per heavy atom. The predicted octanol–water partition coefficient (Wildman–Crippen LogP) is 16.2. The molecule has 1 aliphatic carbocycles. The minimum atomic E-state index is -0.248. The maximum atomic E-state index is 2.44. The van der Waals surface area contributed by atoms with Crippen molar-refractivity contribution < 1.29 is 0 Å². The molecule has 0 fully saturated rings. The van der Waals surface area contributed by atoms with Crippen LogP contribution in [0.1, 0.15) is 58.4 Å². The van der Waals surface area contributed by atoms with Gasteiger partial charge >= 0.3 is 0 Å². The average molecular weight is 763 g/mol. The summed E-state index contributed by atoms with van der Waals surface area (Å²) in [5.41, 5.74) is 19.9. The Labute approximate surface area is 349 Å². The molecule has 0 unspecified atom stereocenters. The first-order chi connectivity index (χ1) is 28.5. The van der Waals surface area contributed by atoms with E-state index in [0.717, 1.165) is 11.4 Å². The molecule has 2 heteroatoms. The lowest BCUT2D eigenvalue weighted by molar-refractivity contribution is 0.672. The Kier molecular flexibility index (Phi) is 8.54. The number of aryl methyl sites for hydroxylation is 6. The highest BCUT2D eigenvalue weighted by atomic mass is 15.1. The summed E-state index contributed by atoms with van der Waals surface area (Å²) in [6.07, 6.45) is 0. The van der Waals surface area contributed by atoms with Crippen LogP contribution in [0.3, 0.4) is 0 Å². The molecule has 0 spiro atoms. The van der Waals surface area contributed by atoms with E-state index in [9.17, 15) is 0 Å². The molecule has 0 saturated heterocycles. The summed E-state index contributed by atoms with van der Waals surface area (Å²) in [6.45, 7) is 18.1. The Morgan fingerprint density at radius 1 is 0.356 bits per heavy atom. The minimum absolute atomic E-state index is 0.248. The second-order valence-corrected chi connectivity index (χ2v) is 17.5. The van der Waals surface area contributed by atoms with Gasteiger partial charge in [0.25, 0.3) is 0 Å². The van der Waals surface area contributed by atoms with Crippen molar-refractivity contribution >= 4 is 66.4 Å². The van der Waals surface area contributed by atoms with Gasteiger partial charge in [-0.3, -0.25) is 0 Å². The molecule has 0 heterocycles. The number of fused-ring (bicyclic) bond motifs is 10. The number of hydrogen-bond donors (Lipinski definition) is 0. The Morgan fingerprint density at radius 3 is 1.41 bits per heavy atom. The van der Waals surface area contributed by atoms with E-state index in [4.69, 9.17) is 0 Å². The van der Waals surface area contributed by atoms with Crippen LogP contribution in [-0.2, 0) is 5.41 Å². The Balaban J connectivity index is 1.18. The molecule has 2 nitrogen and oxygen atoms in total. The average Bonchev–Trinajstić information content (AvgIpc) is 3.46. The van der Waals surface area contributed by atoms with Crippen LogP contribution in [0.2, 0.25) is 0 Å². The largest absolute Gasteiger partial charge is 0.310 e. The van der Waals surface area contributed by atoms with Gasteiger partial charge in [-0.1, -0.05) is 111 Å². The summed E-state index contributed by atoms with van der Waals surface area (Å²) in [5, 5.41) is 7.77. The third kappa shape index (κ3) is 5.92. The van der Waals surface area contributed by atoms with E-state index in [0.29, 0.717) is 0 Å². The summed E-state index contributed by atoms with van der Waals surface area (Å²) in [5.74, 6) is 0. The highest BCUT2D eigenvalue weighted by molar-refractivity contribution is 6.20. The number of anilines is 6. The van der Waals surface area contributed by atoms with Crippen LogP contribution in [0.15, 0.2) is 158 Å². The van der Waals surface area contributed by atoms with Crippen LogP contribution in [0.25, 0.3) is 43.4 Å². The first-order valence-electron chi connectivity index (χ1n) is 20.9. The van der Waals surface area contributed by atoms with Crippen molar-refractivity contribution in [3.8, 4) is 11.1 Å². The van der Waals surface area contributed by atoms with E-state index in [1.807, 2.05) is 0 Å². The maximum absolute atomic E-state index is 2.44. The van der Waals surface area contributed by atoms with Crippen molar-refractivity contribution in [1.82, 2.24) is 0 Å². The van der Waals surface area contributed by atoms with E-state index in [1.54, 1.807) is 0 Å². The van der Waals surface area contributed by atoms with E-state index in [-0.39, 0.29) is 5.41 Å². The van der Waals surface area contributed by atoms with Gasteiger partial charge < -0.3 is 9.80 Å². The monoisotopic (exact) mass is 762 g/mol. The molecular formula is C57H50N2. The van der Waals surface area contributed by atoms with Gasteiger partial charge in [-0.05, 0) is 190 Å². The first kappa shape index (κ1) is 36.7. The van der Waals surface area contributed by atoms with Crippen LogP contribution in [0, 0.1) is 41.5 Å². The van der Waals surface area contributed by atoms with Crippen LogP contribution in [0.5, 0.6) is 0 Å². The van der Waals surface area contributed by atoms with E-state index in [1.165, 1.54) is 111 Å². The molecule has 59 heavy (non-hydrogen) atoms. The highest BCUT2D eigenvalue weighted by Gasteiger charge is 2.40. The molecular weight excluding hydrogens is 713 g/mol. The van der Waals surface area contributed by atoms with Gasteiger partial charge in [0, 0.05) is 39.5 Å². The Hall–Kier alpha value is -6.64. The van der Waals surface area contributed by atoms with Crippen molar-refractivity contribution in [2.24, 2.45) is 0 Å². The third-order valence-electron chi connectivity index (χ3n) is 12.7. The molecule has 0 aromatic heterocycles. The second kappa shape index (κ2) is 13.7. The lowest BCUT2D eigenvalue weighted by Crippen LogP contribution is -2.17. The molecule has 0 radical (unpaired) electrons. The van der Waals surface area contributed by atoms with Gasteiger partial charge in [0.05, 0.1) is 0 Å². The van der Waals surface area contributed by atoms with E-state index < -0.39 is 0 Å². The van der Waals surface area contributed by atoms with Crippen LogP contribution in [0.4, 0.5) is 34.1 Å². The molecule has 1 aliphatic rings. The molecule has 0 amide bonds. The van der Waals surface area contributed by atoms with Crippen LogP contribution < -0.4 is 9.80 Å². The van der Waals surface area contributed by atoms with Crippen molar-refractivity contribution in [3.63, 3.8) is 0 Å². The van der Waals surface area contributed by atoms with Gasteiger partial charge in [0.1, 0.15) is 0 Å². The molecule has 0 saturated carbocycles. The SMILES string of the molecule is Cc1cc(C)cc(N(c2ccc3c4c(ccc3c2)-c2c(c3ccc(N(c5cc(C)cc(C)c5)c5ccccc5C)cc3c3ccccc23)C4(C)C)c2ccccc2C)c1. The first-order valence-corrected chi connectivity index (χ1v) is 20.9. The summed E-state index contributed by atoms with van der Waals surface area (Å²) < 4.78 is 0. The predicted molar refractivity (Wildman–Crippen MR) is 254 cm³/mol. The third-order valence-corrected chi connectivity index (χ3v) is 12.7. The zero-order chi connectivity index (χ0) is 40.7. The summed E-state index contributed by atoms with van der Waals surface area (Å²) in [4.78, 5) is 4.87. The lowest BCUT2D eigenvalue weighted by atomic mass is 9.77. The van der Waals surface area contributed by atoms with Crippen molar-refractivity contribution in [2.75, 3.05) is 9.80 Å². The summed E-state index contributed by atoms with van der Waals surface area (Å²) in [7, 11) is 0. The molecule has 0 N–H and O–H groups in total.